The molecule has 106 valence electrons. The van der Waals surface area contributed by atoms with Gasteiger partial charge in [0.2, 0.25) is 5.91 Å². The van der Waals surface area contributed by atoms with Gasteiger partial charge in [-0.1, -0.05) is 39.0 Å². The Kier molecular flexibility index (Phi) is 7.02. The lowest BCUT2D eigenvalue weighted by molar-refractivity contribution is -0.380. The van der Waals surface area contributed by atoms with Crippen molar-refractivity contribution in [2.45, 2.75) is 51.9 Å². The molecule has 6 nitrogen and oxygen atoms in total. The van der Waals surface area contributed by atoms with Crippen LogP contribution in [0.5, 0.6) is 0 Å². The highest BCUT2D eigenvalue weighted by Gasteiger charge is 2.12. The molecule has 0 bridgehead atoms. The Bertz CT molecular complexity index is 420. The zero-order valence-corrected chi connectivity index (χ0v) is 11.9. The van der Waals surface area contributed by atoms with Crippen molar-refractivity contribution in [3.8, 4) is 0 Å². The third-order valence-electron chi connectivity index (χ3n) is 2.68. The maximum Gasteiger partial charge on any atom is 0.345 e. The minimum atomic E-state index is -0.513. The molecular weight excluding hydrogens is 266 g/mol. The van der Waals surface area contributed by atoms with Crippen LogP contribution in [-0.4, -0.2) is 15.8 Å². The Morgan fingerprint density at radius 1 is 1.37 bits per heavy atom. The lowest BCUT2D eigenvalue weighted by Crippen LogP contribution is -2.10. The van der Waals surface area contributed by atoms with Gasteiger partial charge in [-0.3, -0.25) is 14.9 Å². The summed E-state index contributed by atoms with van der Waals surface area (Å²) in [5, 5.41) is 13.3. The van der Waals surface area contributed by atoms with Crippen molar-refractivity contribution in [2.75, 3.05) is 5.32 Å². The molecule has 7 heteroatoms. The predicted molar refractivity (Wildman–Crippen MR) is 75.4 cm³/mol. The van der Waals surface area contributed by atoms with Crippen LogP contribution in [0.15, 0.2) is 6.20 Å². The molecule has 1 amide bonds. The molecule has 0 saturated carbocycles. The quantitative estimate of drug-likeness (QED) is 0.425. The number of unbranched alkanes of at least 4 members (excludes halogenated alkanes) is 5. The molecule has 0 saturated heterocycles. The third-order valence-corrected chi connectivity index (χ3v) is 3.54. The number of thiazole rings is 1. The Labute approximate surface area is 116 Å². The minimum Gasteiger partial charge on any atom is -0.302 e. The summed E-state index contributed by atoms with van der Waals surface area (Å²) in [6.45, 7) is 2.17. The summed E-state index contributed by atoms with van der Waals surface area (Å²) in [5.74, 6) is -0.125. The summed E-state index contributed by atoms with van der Waals surface area (Å²) in [4.78, 5) is 25.3. The molecule has 1 aromatic heterocycles. The van der Waals surface area contributed by atoms with E-state index < -0.39 is 4.92 Å². The summed E-state index contributed by atoms with van der Waals surface area (Å²) in [5.41, 5.74) is 0. The largest absolute Gasteiger partial charge is 0.345 e. The van der Waals surface area contributed by atoms with Crippen molar-refractivity contribution in [2.24, 2.45) is 0 Å². The SMILES string of the molecule is CCCCCCCCC(=O)Nc1ncc([N+](=O)[O-])s1. The molecule has 1 rings (SSSR count). The Morgan fingerprint density at radius 3 is 2.68 bits per heavy atom. The van der Waals surface area contributed by atoms with Crippen LogP contribution in [0.1, 0.15) is 51.9 Å². The Morgan fingerprint density at radius 2 is 2.05 bits per heavy atom. The molecule has 1 N–H and O–H groups in total. The van der Waals surface area contributed by atoms with Crippen LogP contribution in [-0.2, 0) is 4.79 Å². The minimum absolute atomic E-state index is 0.0603. The lowest BCUT2D eigenvalue weighted by Gasteiger charge is -2.01. The van der Waals surface area contributed by atoms with Crippen molar-refractivity contribution in [3.63, 3.8) is 0 Å². The molecule has 0 unspecified atom stereocenters. The number of hydrogen-bond donors (Lipinski definition) is 1. The average Bonchev–Trinajstić information content (AvgIpc) is 2.82. The van der Waals surface area contributed by atoms with E-state index in [2.05, 4.69) is 17.2 Å². The van der Waals surface area contributed by atoms with Gasteiger partial charge in [0.05, 0.1) is 4.92 Å². The number of carbonyl (C=O) groups is 1. The third kappa shape index (κ3) is 6.28. The molecule has 0 aliphatic rings. The number of nitrogens with one attached hydrogen (secondary N) is 1. The first kappa shape index (κ1) is 15.6. The van der Waals surface area contributed by atoms with Crippen molar-refractivity contribution in [1.82, 2.24) is 4.98 Å². The highest BCUT2D eigenvalue weighted by atomic mass is 32.1. The van der Waals surface area contributed by atoms with Gasteiger partial charge in [0.25, 0.3) is 0 Å². The topological polar surface area (TPSA) is 85.1 Å². The fourth-order valence-corrected chi connectivity index (χ4v) is 2.30. The first-order valence-corrected chi connectivity index (χ1v) is 7.35. The number of anilines is 1. The van der Waals surface area contributed by atoms with Gasteiger partial charge < -0.3 is 5.32 Å². The van der Waals surface area contributed by atoms with Crippen LogP contribution in [0.3, 0.4) is 0 Å². The maximum absolute atomic E-state index is 11.6. The van der Waals surface area contributed by atoms with Crippen LogP contribution in [0, 0.1) is 10.1 Å². The molecule has 19 heavy (non-hydrogen) atoms. The van der Waals surface area contributed by atoms with Gasteiger partial charge in [-0.25, -0.2) is 4.98 Å². The zero-order valence-electron chi connectivity index (χ0n) is 11.1. The lowest BCUT2D eigenvalue weighted by atomic mass is 10.1. The average molecular weight is 285 g/mol. The molecule has 0 atom stereocenters. The van der Waals surface area contributed by atoms with Gasteiger partial charge in [0.15, 0.2) is 5.13 Å². The second-order valence-corrected chi connectivity index (χ2v) is 5.34. The van der Waals surface area contributed by atoms with Gasteiger partial charge in [-0.05, 0) is 17.8 Å². The van der Waals surface area contributed by atoms with Crippen molar-refractivity contribution >= 4 is 27.4 Å². The molecule has 0 fully saturated rings. The number of rotatable bonds is 9. The fourth-order valence-electron chi connectivity index (χ4n) is 1.66. The highest BCUT2D eigenvalue weighted by molar-refractivity contribution is 7.18. The van der Waals surface area contributed by atoms with Gasteiger partial charge in [-0.2, -0.15) is 0 Å². The molecule has 0 aromatic carbocycles. The molecule has 0 spiro atoms. The molecule has 0 radical (unpaired) electrons. The van der Waals surface area contributed by atoms with Crippen LogP contribution in [0.25, 0.3) is 0 Å². The number of hydrogen-bond acceptors (Lipinski definition) is 5. The first-order valence-electron chi connectivity index (χ1n) is 6.53. The number of aromatic nitrogens is 1. The van der Waals surface area contributed by atoms with E-state index in [1.165, 1.54) is 19.3 Å². The van der Waals surface area contributed by atoms with E-state index in [1.54, 1.807) is 0 Å². The normalized spacial score (nSPS) is 10.4. The fraction of sp³-hybridized carbons (Fsp3) is 0.667. The smallest absolute Gasteiger partial charge is 0.302 e. The first-order chi connectivity index (χ1) is 9.13. The van der Waals surface area contributed by atoms with E-state index in [1.807, 2.05) is 0 Å². The van der Waals surface area contributed by atoms with E-state index in [0.717, 1.165) is 36.8 Å². The van der Waals surface area contributed by atoms with Crippen LogP contribution >= 0.6 is 11.3 Å². The predicted octanol–water partition coefficient (Wildman–Crippen LogP) is 3.74. The summed E-state index contributed by atoms with van der Waals surface area (Å²) >= 11 is 0.877. The van der Waals surface area contributed by atoms with Gasteiger partial charge >= 0.3 is 5.00 Å². The van der Waals surface area contributed by atoms with Gasteiger partial charge in [-0.15, -0.1) is 0 Å². The monoisotopic (exact) mass is 285 g/mol. The highest BCUT2D eigenvalue weighted by Crippen LogP contribution is 2.25. The number of nitrogens with zero attached hydrogens (tertiary/aromatic N) is 2. The van der Waals surface area contributed by atoms with E-state index in [0.29, 0.717) is 11.6 Å². The van der Waals surface area contributed by atoms with Crippen molar-refractivity contribution in [1.29, 1.82) is 0 Å². The number of carbonyl (C=O) groups excluding carboxylic acids is 1. The standard InChI is InChI=1S/C12H19N3O3S/c1-2-3-4-5-6-7-8-10(16)14-12-13-9-11(19-12)15(17)18/h9H,2-8H2,1H3,(H,13,14,16). The Hall–Kier alpha value is -1.50. The van der Waals surface area contributed by atoms with E-state index in [4.69, 9.17) is 0 Å². The van der Waals surface area contributed by atoms with Crippen molar-refractivity contribution < 1.29 is 9.72 Å². The maximum atomic E-state index is 11.6. The van der Waals surface area contributed by atoms with E-state index in [-0.39, 0.29) is 10.9 Å². The molecular formula is C12H19N3O3S. The Balaban J connectivity index is 2.18. The summed E-state index contributed by atoms with van der Waals surface area (Å²) in [6.07, 6.45) is 8.33. The second kappa shape index (κ2) is 8.58. The molecule has 1 aromatic rings. The molecule has 0 aliphatic carbocycles. The summed E-state index contributed by atoms with van der Waals surface area (Å²) in [6, 6.07) is 0. The van der Waals surface area contributed by atoms with E-state index in [9.17, 15) is 14.9 Å². The van der Waals surface area contributed by atoms with Gasteiger partial charge in [0, 0.05) is 6.42 Å². The van der Waals surface area contributed by atoms with Crippen LogP contribution < -0.4 is 5.32 Å². The van der Waals surface area contributed by atoms with Gasteiger partial charge in [0.1, 0.15) is 6.20 Å². The summed E-state index contributed by atoms with van der Waals surface area (Å²) in [7, 11) is 0. The van der Waals surface area contributed by atoms with E-state index >= 15 is 0 Å². The van der Waals surface area contributed by atoms with Crippen molar-refractivity contribution in [3.05, 3.63) is 16.3 Å². The number of amides is 1. The molecule has 0 aliphatic heterocycles. The number of nitro groups is 1. The summed E-state index contributed by atoms with van der Waals surface area (Å²) < 4.78 is 0. The zero-order chi connectivity index (χ0) is 14.1. The molecule has 1 heterocycles. The van der Waals surface area contributed by atoms with Crippen LogP contribution in [0.2, 0.25) is 0 Å². The second-order valence-electron chi connectivity index (χ2n) is 4.33. The van der Waals surface area contributed by atoms with Crippen LogP contribution in [0.4, 0.5) is 10.1 Å².